The molecule has 2 aromatic carbocycles. The number of nitrogen functional groups attached to an aromatic ring is 1. The van der Waals surface area contributed by atoms with E-state index in [0.717, 1.165) is 11.3 Å². The maximum Gasteiger partial charge on any atom is 0.410 e. The first-order valence-electron chi connectivity index (χ1n) is 15.1. The Hall–Kier alpha value is -5.12. The average Bonchev–Trinajstić information content (AvgIpc) is 3.12. The van der Waals surface area contributed by atoms with Gasteiger partial charge in [-0.25, -0.2) is 23.2 Å². The molecule has 47 heavy (non-hydrogen) atoms. The Morgan fingerprint density at radius 1 is 0.915 bits per heavy atom. The summed E-state index contributed by atoms with van der Waals surface area (Å²) >= 11 is 0. The maximum absolute atomic E-state index is 13.4. The SMILES string of the molecule is Nc1ncc(-c2ccc(S(=O)(=O)N3CCN(C(=O)OCc4ccccc4)CC3)cc2)nc1C(=O)Nc1cnccc1N1CCOCC1. The van der Waals surface area contributed by atoms with E-state index < -0.39 is 22.0 Å². The number of hydrogen-bond donors (Lipinski definition) is 2. The second kappa shape index (κ2) is 14.1. The van der Waals surface area contributed by atoms with Crippen LogP contribution in [-0.4, -0.2) is 97.1 Å². The number of nitrogens with zero attached hydrogens (tertiary/aromatic N) is 6. The minimum absolute atomic E-state index is 0.0506. The fourth-order valence-electron chi connectivity index (χ4n) is 5.32. The van der Waals surface area contributed by atoms with Gasteiger partial charge in [0, 0.05) is 51.0 Å². The summed E-state index contributed by atoms with van der Waals surface area (Å²) in [4.78, 5) is 42.3. The van der Waals surface area contributed by atoms with Gasteiger partial charge in [0.2, 0.25) is 10.0 Å². The van der Waals surface area contributed by atoms with Gasteiger partial charge in [0.05, 0.1) is 47.6 Å². The Balaban J connectivity index is 1.10. The number of piperazine rings is 1. The molecule has 0 radical (unpaired) electrons. The van der Waals surface area contributed by atoms with Gasteiger partial charge in [-0.15, -0.1) is 0 Å². The largest absolute Gasteiger partial charge is 0.445 e. The first kappa shape index (κ1) is 31.8. The van der Waals surface area contributed by atoms with E-state index in [9.17, 15) is 18.0 Å². The van der Waals surface area contributed by atoms with E-state index in [1.165, 1.54) is 27.5 Å². The zero-order valence-electron chi connectivity index (χ0n) is 25.5. The number of nitrogens with one attached hydrogen (secondary N) is 1. The van der Waals surface area contributed by atoms with E-state index in [-0.39, 0.29) is 49.2 Å². The van der Waals surface area contributed by atoms with E-state index in [4.69, 9.17) is 15.2 Å². The molecule has 6 rings (SSSR count). The topological polar surface area (TPSA) is 173 Å². The highest BCUT2D eigenvalue weighted by molar-refractivity contribution is 7.89. The van der Waals surface area contributed by atoms with Crippen molar-refractivity contribution in [1.29, 1.82) is 0 Å². The predicted molar refractivity (Wildman–Crippen MR) is 174 cm³/mol. The number of ether oxygens (including phenoxy) is 2. The highest BCUT2D eigenvalue weighted by atomic mass is 32.2. The molecule has 0 aliphatic carbocycles. The summed E-state index contributed by atoms with van der Waals surface area (Å²) in [5.74, 6) is -0.605. The lowest BCUT2D eigenvalue weighted by Crippen LogP contribution is -2.50. The van der Waals surface area contributed by atoms with Crippen LogP contribution in [0, 0.1) is 0 Å². The normalized spacial score (nSPS) is 15.7. The summed E-state index contributed by atoms with van der Waals surface area (Å²) in [5, 5.41) is 2.85. The molecular formula is C32H34N8O6S. The molecule has 2 saturated heterocycles. The lowest BCUT2D eigenvalue weighted by atomic mass is 10.1. The maximum atomic E-state index is 13.4. The van der Waals surface area contributed by atoms with Crippen LogP contribution in [0.25, 0.3) is 11.3 Å². The number of hydrogen-bond acceptors (Lipinski definition) is 11. The van der Waals surface area contributed by atoms with Gasteiger partial charge in [0.15, 0.2) is 11.5 Å². The van der Waals surface area contributed by atoms with Gasteiger partial charge < -0.3 is 30.3 Å². The monoisotopic (exact) mass is 658 g/mol. The highest BCUT2D eigenvalue weighted by Gasteiger charge is 2.31. The number of sulfonamides is 1. The first-order valence-corrected chi connectivity index (χ1v) is 16.5. The summed E-state index contributed by atoms with van der Waals surface area (Å²) in [6, 6.07) is 17.3. The molecule has 2 fully saturated rings. The summed E-state index contributed by atoms with van der Waals surface area (Å²) < 4.78 is 39.0. The van der Waals surface area contributed by atoms with Crippen molar-refractivity contribution in [2.75, 3.05) is 68.4 Å². The van der Waals surface area contributed by atoms with Crippen molar-refractivity contribution in [1.82, 2.24) is 24.2 Å². The number of morpholine rings is 1. The Labute approximate surface area is 272 Å². The molecule has 2 aromatic heterocycles. The number of benzene rings is 2. The lowest BCUT2D eigenvalue weighted by molar-refractivity contribution is 0.0838. The van der Waals surface area contributed by atoms with Crippen molar-refractivity contribution in [3.8, 4) is 11.3 Å². The second-order valence-corrected chi connectivity index (χ2v) is 12.8. The molecule has 0 saturated carbocycles. The van der Waals surface area contributed by atoms with Gasteiger partial charge in [-0.2, -0.15) is 4.31 Å². The third-order valence-corrected chi connectivity index (χ3v) is 9.82. The average molecular weight is 659 g/mol. The fourth-order valence-corrected chi connectivity index (χ4v) is 6.74. The van der Waals surface area contributed by atoms with E-state index >= 15 is 0 Å². The molecule has 2 amide bonds. The van der Waals surface area contributed by atoms with Crippen LogP contribution in [0.1, 0.15) is 16.1 Å². The molecule has 14 nitrogen and oxygen atoms in total. The molecule has 0 unspecified atom stereocenters. The van der Waals surface area contributed by atoms with Crippen molar-refractivity contribution < 1.29 is 27.5 Å². The molecule has 4 aromatic rings. The molecular weight excluding hydrogens is 624 g/mol. The van der Waals surface area contributed by atoms with Gasteiger partial charge >= 0.3 is 6.09 Å². The molecule has 2 aliphatic heterocycles. The van der Waals surface area contributed by atoms with Crippen molar-refractivity contribution in [3.05, 3.63) is 90.5 Å². The van der Waals surface area contributed by atoms with Gasteiger partial charge in [0.1, 0.15) is 6.61 Å². The smallest absolute Gasteiger partial charge is 0.410 e. The van der Waals surface area contributed by atoms with Crippen LogP contribution < -0.4 is 16.0 Å². The van der Waals surface area contributed by atoms with Crippen LogP contribution >= 0.6 is 0 Å². The van der Waals surface area contributed by atoms with Gasteiger partial charge in [-0.3, -0.25) is 9.78 Å². The number of aromatic nitrogens is 3. The molecule has 0 bridgehead atoms. The molecule has 0 atom stereocenters. The molecule has 0 spiro atoms. The number of nitrogens with two attached hydrogens (primary N) is 1. The molecule has 244 valence electrons. The standard InChI is InChI=1S/C32H34N8O6S/c33-30-29(31(41)37-27-20-34-11-10-28(27)38-16-18-45-19-17-38)36-26(21-35-30)24-6-8-25(9-7-24)47(43,44)40-14-12-39(13-15-40)32(42)46-22-23-4-2-1-3-5-23/h1-11,20-21H,12-19,22H2,(H2,33,35)(H,37,41). The second-order valence-electron chi connectivity index (χ2n) is 10.9. The van der Waals surface area contributed by atoms with Crippen molar-refractivity contribution >= 4 is 39.2 Å². The molecule has 2 aliphatic rings. The highest BCUT2D eigenvalue weighted by Crippen LogP contribution is 2.27. The minimum atomic E-state index is -3.83. The molecule has 3 N–H and O–H groups in total. The van der Waals surface area contributed by atoms with Crippen LogP contribution in [0.3, 0.4) is 0 Å². The third-order valence-electron chi connectivity index (χ3n) is 7.90. The van der Waals surface area contributed by atoms with Crippen LogP contribution in [0.15, 0.2) is 84.1 Å². The number of rotatable bonds is 8. The van der Waals surface area contributed by atoms with E-state index in [2.05, 4.69) is 25.2 Å². The Morgan fingerprint density at radius 2 is 1.64 bits per heavy atom. The molecule has 15 heteroatoms. The fraction of sp³-hybridized carbons (Fsp3) is 0.281. The van der Waals surface area contributed by atoms with Crippen molar-refractivity contribution in [2.24, 2.45) is 0 Å². The number of pyridine rings is 1. The first-order chi connectivity index (χ1) is 22.8. The van der Waals surface area contributed by atoms with Gasteiger partial charge in [-0.1, -0.05) is 42.5 Å². The number of carbonyl (C=O) groups excluding carboxylic acids is 2. The summed E-state index contributed by atoms with van der Waals surface area (Å²) in [6.07, 6.45) is 4.16. The minimum Gasteiger partial charge on any atom is -0.445 e. The zero-order chi connectivity index (χ0) is 32.8. The summed E-state index contributed by atoms with van der Waals surface area (Å²) in [5.41, 5.74) is 9.05. The lowest BCUT2D eigenvalue weighted by Gasteiger charge is -2.33. The Morgan fingerprint density at radius 3 is 2.36 bits per heavy atom. The quantitative estimate of drug-likeness (QED) is 0.285. The van der Waals surface area contributed by atoms with Crippen LogP contribution in [0.2, 0.25) is 0 Å². The van der Waals surface area contributed by atoms with Crippen LogP contribution in [0.5, 0.6) is 0 Å². The number of amides is 2. The number of carbonyl (C=O) groups is 2. The predicted octanol–water partition coefficient (Wildman–Crippen LogP) is 2.85. The Bertz CT molecular complexity index is 1830. The van der Waals surface area contributed by atoms with E-state index in [0.29, 0.717) is 43.2 Å². The van der Waals surface area contributed by atoms with E-state index in [1.807, 2.05) is 36.4 Å². The van der Waals surface area contributed by atoms with Crippen molar-refractivity contribution in [2.45, 2.75) is 11.5 Å². The molecule has 4 heterocycles. The van der Waals surface area contributed by atoms with Gasteiger partial charge in [-0.05, 0) is 23.8 Å². The Kier molecular flexibility index (Phi) is 9.56. The summed E-state index contributed by atoms with van der Waals surface area (Å²) in [7, 11) is -3.83. The third kappa shape index (κ3) is 7.32. The van der Waals surface area contributed by atoms with Crippen LogP contribution in [0.4, 0.5) is 22.0 Å². The van der Waals surface area contributed by atoms with Crippen molar-refractivity contribution in [3.63, 3.8) is 0 Å². The zero-order valence-corrected chi connectivity index (χ0v) is 26.3. The van der Waals surface area contributed by atoms with Gasteiger partial charge in [0.25, 0.3) is 5.91 Å². The van der Waals surface area contributed by atoms with Crippen LogP contribution in [-0.2, 0) is 26.1 Å². The summed E-state index contributed by atoms with van der Waals surface area (Å²) in [6.45, 7) is 3.36. The van der Waals surface area contributed by atoms with E-state index in [1.54, 1.807) is 24.5 Å². The number of anilines is 3.